The van der Waals surface area contributed by atoms with Gasteiger partial charge in [-0.25, -0.2) is 4.79 Å². The molecular weight excluding hydrogens is 348 g/mol. The molecule has 0 bridgehead atoms. The fraction of sp³-hybridized carbons (Fsp3) is 0.300. The number of benzene rings is 2. The molecule has 0 aliphatic carbocycles. The SMILES string of the molecule is CCOc1ccc(NC(=O)Oc2ccccc2)cc1C(=O)N1CCOCC1. The molecule has 1 fully saturated rings. The molecule has 0 saturated carbocycles. The number of nitrogens with zero attached hydrogens (tertiary/aromatic N) is 1. The second-order valence-corrected chi connectivity index (χ2v) is 5.88. The van der Waals surface area contributed by atoms with E-state index in [-0.39, 0.29) is 5.91 Å². The largest absolute Gasteiger partial charge is 0.493 e. The lowest BCUT2D eigenvalue weighted by Gasteiger charge is -2.27. The van der Waals surface area contributed by atoms with Crippen LogP contribution in [0.3, 0.4) is 0 Å². The van der Waals surface area contributed by atoms with Gasteiger partial charge in [0.1, 0.15) is 11.5 Å². The second kappa shape index (κ2) is 9.05. The predicted octanol–water partition coefficient (Wildman–Crippen LogP) is 3.17. The van der Waals surface area contributed by atoms with Crippen LogP contribution in [0.5, 0.6) is 11.5 Å². The summed E-state index contributed by atoms with van der Waals surface area (Å²) >= 11 is 0. The quantitative estimate of drug-likeness (QED) is 0.875. The highest BCUT2D eigenvalue weighted by molar-refractivity contribution is 5.99. The molecule has 7 heteroatoms. The highest BCUT2D eigenvalue weighted by Gasteiger charge is 2.22. The van der Waals surface area contributed by atoms with Crippen LogP contribution in [0.2, 0.25) is 0 Å². The standard InChI is InChI=1S/C20H22N2O5/c1-2-26-18-9-8-15(21-20(24)27-16-6-4-3-5-7-16)14-17(18)19(23)22-10-12-25-13-11-22/h3-9,14H,2,10-13H2,1H3,(H,21,24). The number of hydrogen-bond acceptors (Lipinski definition) is 5. The molecule has 142 valence electrons. The van der Waals surface area contributed by atoms with E-state index in [2.05, 4.69) is 5.32 Å². The van der Waals surface area contributed by atoms with E-state index in [1.807, 2.05) is 13.0 Å². The van der Waals surface area contributed by atoms with E-state index in [4.69, 9.17) is 14.2 Å². The van der Waals surface area contributed by atoms with Crippen LogP contribution >= 0.6 is 0 Å². The van der Waals surface area contributed by atoms with Crippen molar-refractivity contribution in [3.05, 3.63) is 54.1 Å². The summed E-state index contributed by atoms with van der Waals surface area (Å²) in [4.78, 5) is 26.7. The summed E-state index contributed by atoms with van der Waals surface area (Å²) in [6.45, 7) is 4.36. The monoisotopic (exact) mass is 370 g/mol. The highest BCUT2D eigenvalue weighted by Crippen LogP contribution is 2.25. The Kier molecular flexibility index (Phi) is 6.27. The first-order chi connectivity index (χ1) is 13.2. The molecule has 2 aromatic carbocycles. The normalized spacial score (nSPS) is 13.7. The van der Waals surface area contributed by atoms with Crippen LogP contribution in [0.1, 0.15) is 17.3 Å². The Labute approximate surface area is 157 Å². The number of ether oxygens (including phenoxy) is 3. The van der Waals surface area contributed by atoms with Gasteiger partial charge in [-0.15, -0.1) is 0 Å². The number of carbonyl (C=O) groups excluding carboxylic acids is 2. The minimum absolute atomic E-state index is 0.151. The number of nitrogens with one attached hydrogen (secondary N) is 1. The third kappa shape index (κ3) is 4.98. The third-order valence-electron chi connectivity index (χ3n) is 4.01. The molecule has 1 aliphatic rings. The van der Waals surface area contributed by atoms with Crippen molar-refractivity contribution < 1.29 is 23.8 Å². The second-order valence-electron chi connectivity index (χ2n) is 5.88. The van der Waals surface area contributed by atoms with Crippen LogP contribution < -0.4 is 14.8 Å². The average Bonchev–Trinajstić information content (AvgIpc) is 2.70. The Morgan fingerprint density at radius 3 is 2.56 bits per heavy atom. The number of rotatable bonds is 5. The molecule has 2 amide bonds. The van der Waals surface area contributed by atoms with Crippen LogP contribution in [0.15, 0.2) is 48.5 Å². The zero-order valence-corrected chi connectivity index (χ0v) is 15.1. The Balaban J connectivity index is 1.76. The first-order valence-corrected chi connectivity index (χ1v) is 8.85. The summed E-state index contributed by atoms with van der Waals surface area (Å²) in [6.07, 6.45) is -0.630. The summed E-state index contributed by atoms with van der Waals surface area (Å²) in [5, 5.41) is 2.65. The van der Waals surface area contributed by atoms with Crippen molar-refractivity contribution in [1.82, 2.24) is 4.90 Å². The first kappa shape index (κ1) is 18.7. The van der Waals surface area contributed by atoms with Crippen LogP contribution in [-0.2, 0) is 4.74 Å². The average molecular weight is 370 g/mol. The fourth-order valence-corrected chi connectivity index (χ4v) is 2.73. The number of morpholine rings is 1. The van der Waals surface area contributed by atoms with Crippen molar-refractivity contribution in [2.24, 2.45) is 0 Å². The maximum atomic E-state index is 12.9. The lowest BCUT2D eigenvalue weighted by molar-refractivity contribution is 0.0300. The Morgan fingerprint density at radius 2 is 1.85 bits per heavy atom. The molecule has 1 aliphatic heterocycles. The van der Waals surface area contributed by atoms with Crippen LogP contribution in [0.4, 0.5) is 10.5 Å². The van der Waals surface area contributed by atoms with Gasteiger partial charge in [0, 0.05) is 18.8 Å². The highest BCUT2D eigenvalue weighted by atomic mass is 16.6. The van der Waals surface area contributed by atoms with Gasteiger partial charge in [0.25, 0.3) is 5.91 Å². The lowest BCUT2D eigenvalue weighted by Crippen LogP contribution is -2.40. The summed E-state index contributed by atoms with van der Waals surface area (Å²) < 4.78 is 16.1. The molecule has 0 radical (unpaired) electrons. The Bertz CT molecular complexity index is 788. The van der Waals surface area contributed by atoms with Crippen molar-refractivity contribution in [1.29, 1.82) is 0 Å². The minimum atomic E-state index is -0.630. The molecule has 0 spiro atoms. The van der Waals surface area contributed by atoms with Gasteiger partial charge in [-0.05, 0) is 37.3 Å². The lowest BCUT2D eigenvalue weighted by atomic mass is 10.1. The van der Waals surface area contributed by atoms with Crippen LogP contribution in [0.25, 0.3) is 0 Å². The Morgan fingerprint density at radius 1 is 1.11 bits per heavy atom. The zero-order valence-electron chi connectivity index (χ0n) is 15.1. The third-order valence-corrected chi connectivity index (χ3v) is 4.01. The van der Waals surface area contributed by atoms with Gasteiger partial charge >= 0.3 is 6.09 Å². The molecule has 3 rings (SSSR count). The first-order valence-electron chi connectivity index (χ1n) is 8.85. The molecule has 27 heavy (non-hydrogen) atoms. The smallest absolute Gasteiger partial charge is 0.417 e. The minimum Gasteiger partial charge on any atom is -0.493 e. The molecule has 1 N–H and O–H groups in total. The van der Waals surface area contributed by atoms with Crippen LogP contribution in [-0.4, -0.2) is 49.8 Å². The van der Waals surface area contributed by atoms with Crippen molar-refractivity contribution in [3.63, 3.8) is 0 Å². The van der Waals surface area contributed by atoms with Gasteiger partial charge in [0.15, 0.2) is 0 Å². The number of amides is 2. The fourth-order valence-electron chi connectivity index (χ4n) is 2.73. The maximum Gasteiger partial charge on any atom is 0.417 e. The van der Waals surface area contributed by atoms with Crippen LogP contribution in [0, 0.1) is 0 Å². The molecule has 0 atom stereocenters. The molecule has 7 nitrogen and oxygen atoms in total. The molecular formula is C20H22N2O5. The Hall–Kier alpha value is -3.06. The van der Waals surface area contributed by atoms with Crippen molar-refractivity contribution in [3.8, 4) is 11.5 Å². The molecule has 0 aromatic heterocycles. The maximum absolute atomic E-state index is 12.9. The van der Waals surface area contributed by atoms with Crippen molar-refractivity contribution >= 4 is 17.7 Å². The zero-order chi connectivity index (χ0) is 19.1. The van der Waals surface area contributed by atoms with Crippen molar-refractivity contribution in [2.75, 3.05) is 38.2 Å². The van der Waals surface area contributed by atoms with E-state index in [0.717, 1.165) is 0 Å². The van der Waals surface area contributed by atoms with E-state index in [1.54, 1.807) is 47.4 Å². The number of hydrogen-bond donors (Lipinski definition) is 1. The van der Waals surface area contributed by atoms with E-state index in [1.165, 1.54) is 0 Å². The molecule has 2 aromatic rings. The molecule has 0 unspecified atom stereocenters. The topological polar surface area (TPSA) is 77.1 Å². The summed E-state index contributed by atoms with van der Waals surface area (Å²) in [7, 11) is 0. The number of para-hydroxylation sites is 1. The summed E-state index contributed by atoms with van der Waals surface area (Å²) in [5.41, 5.74) is 0.854. The summed E-state index contributed by atoms with van der Waals surface area (Å²) in [5.74, 6) is 0.767. The van der Waals surface area contributed by atoms with Gasteiger partial charge in [0.05, 0.1) is 25.4 Å². The van der Waals surface area contributed by atoms with Gasteiger partial charge in [-0.1, -0.05) is 18.2 Å². The van der Waals surface area contributed by atoms with E-state index in [0.29, 0.717) is 55.7 Å². The number of anilines is 1. The van der Waals surface area contributed by atoms with E-state index in [9.17, 15) is 9.59 Å². The summed E-state index contributed by atoms with van der Waals surface area (Å²) in [6, 6.07) is 13.7. The predicted molar refractivity (Wildman–Crippen MR) is 100 cm³/mol. The number of carbonyl (C=O) groups is 2. The molecule has 1 saturated heterocycles. The van der Waals surface area contributed by atoms with Gasteiger partial charge < -0.3 is 19.1 Å². The van der Waals surface area contributed by atoms with Gasteiger partial charge in [-0.2, -0.15) is 0 Å². The van der Waals surface area contributed by atoms with Gasteiger partial charge in [-0.3, -0.25) is 10.1 Å². The van der Waals surface area contributed by atoms with E-state index >= 15 is 0 Å². The van der Waals surface area contributed by atoms with Crippen molar-refractivity contribution in [2.45, 2.75) is 6.92 Å². The van der Waals surface area contributed by atoms with E-state index < -0.39 is 6.09 Å². The van der Waals surface area contributed by atoms with Gasteiger partial charge in [0.2, 0.25) is 0 Å². The molecule has 1 heterocycles.